The van der Waals surface area contributed by atoms with Gasteiger partial charge >= 0.3 is 0 Å². The number of amides is 1. The first-order valence-electron chi connectivity index (χ1n) is 8.19. The van der Waals surface area contributed by atoms with E-state index in [1.165, 1.54) is 5.56 Å². The van der Waals surface area contributed by atoms with Crippen molar-refractivity contribution in [2.45, 2.75) is 6.54 Å². The molecule has 0 aliphatic carbocycles. The molecule has 25 heavy (non-hydrogen) atoms. The van der Waals surface area contributed by atoms with Crippen molar-refractivity contribution in [3.63, 3.8) is 0 Å². The number of carbonyl (C=O) groups is 1. The van der Waals surface area contributed by atoms with Crippen LogP contribution in [0.4, 0.5) is 5.69 Å². The number of benzene rings is 1. The summed E-state index contributed by atoms with van der Waals surface area (Å²) >= 11 is 11.9. The molecule has 1 N–H and O–H groups in total. The van der Waals surface area contributed by atoms with Gasteiger partial charge in [0.15, 0.2) is 0 Å². The third-order valence-corrected chi connectivity index (χ3v) is 4.90. The molecule has 1 saturated heterocycles. The van der Waals surface area contributed by atoms with Crippen LogP contribution in [-0.2, 0) is 11.3 Å². The van der Waals surface area contributed by atoms with Gasteiger partial charge < -0.3 is 5.32 Å². The molecule has 3 rings (SSSR count). The predicted octanol–water partition coefficient (Wildman–Crippen LogP) is 3.14. The summed E-state index contributed by atoms with van der Waals surface area (Å²) in [5, 5.41) is 3.77. The van der Waals surface area contributed by atoms with Crippen molar-refractivity contribution in [1.82, 2.24) is 14.8 Å². The van der Waals surface area contributed by atoms with Crippen LogP contribution < -0.4 is 5.32 Å². The van der Waals surface area contributed by atoms with E-state index in [0.717, 1.165) is 32.7 Å². The van der Waals surface area contributed by atoms with Gasteiger partial charge in [-0.25, -0.2) is 0 Å². The smallest absolute Gasteiger partial charge is 0.238 e. The second-order valence-corrected chi connectivity index (χ2v) is 6.91. The molecule has 0 saturated carbocycles. The van der Waals surface area contributed by atoms with Crippen LogP contribution >= 0.6 is 23.2 Å². The van der Waals surface area contributed by atoms with E-state index in [-0.39, 0.29) is 5.91 Å². The summed E-state index contributed by atoms with van der Waals surface area (Å²) in [5.74, 6) is -0.0425. The van der Waals surface area contributed by atoms with Gasteiger partial charge in [0.05, 0.1) is 16.6 Å². The average Bonchev–Trinajstić information content (AvgIpc) is 2.61. The van der Waals surface area contributed by atoms with Crippen molar-refractivity contribution in [2.24, 2.45) is 0 Å². The van der Waals surface area contributed by atoms with E-state index in [2.05, 4.69) is 26.2 Å². The van der Waals surface area contributed by atoms with Crippen molar-refractivity contribution in [1.29, 1.82) is 0 Å². The van der Waals surface area contributed by atoms with Gasteiger partial charge in [-0.05, 0) is 29.8 Å². The van der Waals surface area contributed by atoms with Gasteiger partial charge in [-0.15, -0.1) is 0 Å². The summed E-state index contributed by atoms with van der Waals surface area (Å²) in [5.41, 5.74) is 1.88. The fourth-order valence-electron chi connectivity index (χ4n) is 2.83. The first-order valence-corrected chi connectivity index (χ1v) is 8.94. The van der Waals surface area contributed by atoms with Crippen LogP contribution in [0.5, 0.6) is 0 Å². The number of nitrogens with one attached hydrogen (secondary N) is 1. The summed E-state index contributed by atoms with van der Waals surface area (Å²) in [4.78, 5) is 20.9. The van der Waals surface area contributed by atoms with Crippen LogP contribution in [0.25, 0.3) is 0 Å². The maximum atomic E-state index is 12.2. The standard InChI is InChI=1S/C18H20Cl2N4O/c19-16-4-3-15(10-17(16)20)22-18(25)13-24-8-6-23(7-9-24)12-14-2-1-5-21-11-14/h1-5,10-11H,6-9,12-13H2,(H,22,25). The Labute approximate surface area is 157 Å². The number of hydrogen-bond donors (Lipinski definition) is 1. The Morgan fingerprint density at radius 3 is 2.52 bits per heavy atom. The number of aromatic nitrogens is 1. The highest BCUT2D eigenvalue weighted by Gasteiger charge is 2.19. The topological polar surface area (TPSA) is 48.5 Å². The molecule has 0 spiro atoms. The number of halogens is 2. The van der Waals surface area contributed by atoms with Gasteiger partial charge in [-0.1, -0.05) is 29.3 Å². The van der Waals surface area contributed by atoms with E-state index >= 15 is 0 Å². The summed E-state index contributed by atoms with van der Waals surface area (Å²) in [6, 6.07) is 9.13. The van der Waals surface area contributed by atoms with E-state index in [9.17, 15) is 4.79 Å². The van der Waals surface area contributed by atoms with E-state index in [4.69, 9.17) is 23.2 Å². The minimum Gasteiger partial charge on any atom is -0.325 e. The first-order chi connectivity index (χ1) is 12.1. The van der Waals surface area contributed by atoms with Crippen LogP contribution in [0.2, 0.25) is 10.0 Å². The molecule has 7 heteroatoms. The lowest BCUT2D eigenvalue weighted by Crippen LogP contribution is -2.48. The molecule has 1 aromatic heterocycles. The fraction of sp³-hybridized carbons (Fsp3) is 0.333. The quantitative estimate of drug-likeness (QED) is 0.867. The van der Waals surface area contributed by atoms with Gasteiger partial charge in [0.2, 0.25) is 5.91 Å². The molecule has 0 bridgehead atoms. The zero-order chi connectivity index (χ0) is 17.6. The molecule has 1 fully saturated rings. The lowest BCUT2D eigenvalue weighted by molar-refractivity contribution is -0.117. The van der Waals surface area contributed by atoms with Crippen LogP contribution in [-0.4, -0.2) is 53.4 Å². The average molecular weight is 379 g/mol. The van der Waals surface area contributed by atoms with Crippen molar-refractivity contribution >= 4 is 34.8 Å². The Morgan fingerprint density at radius 2 is 1.84 bits per heavy atom. The normalized spacial score (nSPS) is 15.9. The lowest BCUT2D eigenvalue weighted by atomic mass is 10.2. The van der Waals surface area contributed by atoms with E-state index in [1.807, 2.05) is 12.3 Å². The Kier molecular flexibility index (Phi) is 6.26. The molecule has 0 radical (unpaired) electrons. The summed E-state index contributed by atoms with van der Waals surface area (Å²) in [6.07, 6.45) is 3.69. The Balaban J connectivity index is 1.43. The number of nitrogens with zero attached hydrogens (tertiary/aromatic N) is 3. The molecule has 1 aliphatic rings. The highest BCUT2D eigenvalue weighted by atomic mass is 35.5. The van der Waals surface area contributed by atoms with Gasteiger partial charge in [-0.2, -0.15) is 0 Å². The van der Waals surface area contributed by atoms with Gasteiger partial charge in [-0.3, -0.25) is 19.6 Å². The van der Waals surface area contributed by atoms with Crippen molar-refractivity contribution in [3.05, 3.63) is 58.3 Å². The molecule has 5 nitrogen and oxygen atoms in total. The largest absolute Gasteiger partial charge is 0.325 e. The van der Waals surface area contributed by atoms with E-state index < -0.39 is 0 Å². The van der Waals surface area contributed by atoms with Crippen LogP contribution in [0.3, 0.4) is 0 Å². The molecule has 132 valence electrons. The Bertz CT molecular complexity index is 718. The van der Waals surface area contributed by atoms with Gasteiger partial charge in [0.25, 0.3) is 0 Å². The second-order valence-electron chi connectivity index (χ2n) is 6.09. The Morgan fingerprint density at radius 1 is 1.08 bits per heavy atom. The predicted molar refractivity (Wildman–Crippen MR) is 101 cm³/mol. The number of carbonyl (C=O) groups excluding carboxylic acids is 1. The summed E-state index contributed by atoms with van der Waals surface area (Å²) in [7, 11) is 0. The second kappa shape index (κ2) is 8.63. The maximum Gasteiger partial charge on any atom is 0.238 e. The molecular weight excluding hydrogens is 359 g/mol. The summed E-state index contributed by atoms with van der Waals surface area (Å²) in [6.45, 7) is 4.89. The number of pyridine rings is 1. The number of piperazine rings is 1. The SMILES string of the molecule is O=C(CN1CCN(Cc2cccnc2)CC1)Nc1ccc(Cl)c(Cl)c1. The van der Waals surface area contributed by atoms with Gasteiger partial charge in [0.1, 0.15) is 0 Å². The molecular formula is C18H20Cl2N4O. The van der Waals surface area contributed by atoms with Crippen molar-refractivity contribution < 1.29 is 4.79 Å². The van der Waals surface area contributed by atoms with Crippen LogP contribution in [0.15, 0.2) is 42.7 Å². The molecule has 0 unspecified atom stereocenters. The first kappa shape index (κ1) is 18.1. The van der Waals surface area contributed by atoms with Gasteiger partial charge in [0, 0.05) is 50.8 Å². The van der Waals surface area contributed by atoms with Crippen molar-refractivity contribution in [3.8, 4) is 0 Å². The fourth-order valence-corrected chi connectivity index (χ4v) is 3.13. The lowest BCUT2D eigenvalue weighted by Gasteiger charge is -2.34. The molecule has 1 amide bonds. The number of hydrogen-bond acceptors (Lipinski definition) is 4. The maximum absolute atomic E-state index is 12.2. The van der Waals surface area contributed by atoms with Crippen LogP contribution in [0, 0.1) is 0 Å². The molecule has 1 aromatic carbocycles. The monoisotopic (exact) mass is 378 g/mol. The highest BCUT2D eigenvalue weighted by molar-refractivity contribution is 6.42. The minimum atomic E-state index is -0.0425. The minimum absolute atomic E-state index is 0.0425. The Hall–Kier alpha value is -1.66. The molecule has 1 aliphatic heterocycles. The number of anilines is 1. The highest BCUT2D eigenvalue weighted by Crippen LogP contribution is 2.24. The number of rotatable bonds is 5. The molecule has 2 aromatic rings. The zero-order valence-electron chi connectivity index (χ0n) is 13.8. The third kappa shape index (κ3) is 5.41. The summed E-state index contributed by atoms with van der Waals surface area (Å²) < 4.78 is 0. The van der Waals surface area contributed by atoms with Crippen molar-refractivity contribution in [2.75, 3.05) is 38.0 Å². The third-order valence-electron chi connectivity index (χ3n) is 4.16. The zero-order valence-corrected chi connectivity index (χ0v) is 15.3. The van der Waals surface area contributed by atoms with E-state index in [0.29, 0.717) is 22.3 Å². The van der Waals surface area contributed by atoms with Crippen LogP contribution in [0.1, 0.15) is 5.56 Å². The molecule has 0 atom stereocenters. The molecule has 2 heterocycles. The van der Waals surface area contributed by atoms with E-state index in [1.54, 1.807) is 24.4 Å².